The van der Waals surface area contributed by atoms with E-state index in [1.165, 1.54) is 0 Å². The van der Waals surface area contributed by atoms with Gasteiger partial charge in [-0.05, 0) is 37.5 Å². The minimum atomic E-state index is -0.359. The molecule has 1 saturated carbocycles. The summed E-state index contributed by atoms with van der Waals surface area (Å²) < 4.78 is 0. The Bertz CT molecular complexity index is 629. The summed E-state index contributed by atoms with van der Waals surface area (Å²) in [4.78, 5) is 12.4. The molecule has 0 radical (unpaired) electrons. The van der Waals surface area contributed by atoms with Gasteiger partial charge in [0.2, 0.25) is 5.91 Å². The first-order valence-corrected chi connectivity index (χ1v) is 7.03. The van der Waals surface area contributed by atoms with Crippen molar-refractivity contribution in [2.75, 3.05) is 0 Å². The molecular formula is C15H16ClN3O. The zero-order valence-corrected chi connectivity index (χ0v) is 12.0. The van der Waals surface area contributed by atoms with Crippen LogP contribution < -0.4 is 5.32 Å². The highest BCUT2D eigenvalue weighted by Gasteiger charge is 2.51. The first-order valence-electron chi connectivity index (χ1n) is 6.65. The first-order chi connectivity index (χ1) is 9.62. The predicted octanol–water partition coefficient (Wildman–Crippen LogP) is 2.72. The number of benzene rings is 1. The summed E-state index contributed by atoms with van der Waals surface area (Å²) in [6, 6.07) is 7.56. The largest absolute Gasteiger partial charge is 0.351 e. The number of carbonyl (C=O) groups excluding carboxylic acids is 1. The molecule has 0 bridgehead atoms. The van der Waals surface area contributed by atoms with E-state index in [0.717, 1.165) is 29.7 Å². The van der Waals surface area contributed by atoms with Crippen molar-refractivity contribution in [2.45, 2.75) is 31.7 Å². The minimum Gasteiger partial charge on any atom is -0.351 e. The minimum absolute atomic E-state index is 0.0837. The lowest BCUT2D eigenvalue weighted by Gasteiger charge is -2.15. The van der Waals surface area contributed by atoms with E-state index in [0.29, 0.717) is 11.6 Å². The normalized spacial score (nSPS) is 15.9. The molecule has 104 valence electrons. The van der Waals surface area contributed by atoms with Crippen LogP contribution in [0, 0.1) is 6.92 Å². The van der Waals surface area contributed by atoms with Gasteiger partial charge in [-0.1, -0.05) is 23.7 Å². The Morgan fingerprint density at radius 3 is 2.65 bits per heavy atom. The second kappa shape index (κ2) is 4.94. The van der Waals surface area contributed by atoms with Crippen LogP contribution in [-0.2, 0) is 16.8 Å². The van der Waals surface area contributed by atoms with E-state index in [9.17, 15) is 4.79 Å². The van der Waals surface area contributed by atoms with Crippen molar-refractivity contribution in [2.24, 2.45) is 0 Å². The fourth-order valence-electron chi connectivity index (χ4n) is 2.44. The van der Waals surface area contributed by atoms with Crippen molar-refractivity contribution >= 4 is 17.5 Å². The SMILES string of the molecule is Cc1[nH]ncc1CNC(=O)C1(c2ccc(Cl)cc2)CC1. The third-order valence-corrected chi connectivity index (χ3v) is 4.21. The van der Waals surface area contributed by atoms with Gasteiger partial charge in [-0.3, -0.25) is 9.89 Å². The van der Waals surface area contributed by atoms with Gasteiger partial charge >= 0.3 is 0 Å². The Balaban J connectivity index is 1.70. The Morgan fingerprint density at radius 2 is 2.10 bits per heavy atom. The molecule has 1 amide bonds. The number of nitrogens with one attached hydrogen (secondary N) is 2. The Morgan fingerprint density at radius 1 is 1.40 bits per heavy atom. The van der Waals surface area contributed by atoms with Crippen molar-refractivity contribution in [3.05, 3.63) is 52.3 Å². The number of halogens is 1. The van der Waals surface area contributed by atoms with Crippen LogP contribution in [0.25, 0.3) is 0 Å². The molecular weight excluding hydrogens is 274 g/mol. The molecule has 1 aliphatic rings. The van der Waals surface area contributed by atoms with E-state index in [2.05, 4.69) is 15.5 Å². The molecule has 2 aromatic rings. The van der Waals surface area contributed by atoms with Crippen LogP contribution in [0.3, 0.4) is 0 Å². The second-order valence-corrected chi connectivity index (χ2v) is 5.73. The molecule has 3 rings (SSSR count). The van der Waals surface area contributed by atoms with E-state index in [4.69, 9.17) is 11.6 Å². The van der Waals surface area contributed by atoms with Crippen LogP contribution >= 0.6 is 11.6 Å². The number of aryl methyl sites for hydroxylation is 1. The maximum atomic E-state index is 12.4. The maximum Gasteiger partial charge on any atom is 0.230 e. The number of hydrogen-bond acceptors (Lipinski definition) is 2. The summed E-state index contributed by atoms with van der Waals surface area (Å²) in [5.41, 5.74) is 2.69. The zero-order chi connectivity index (χ0) is 14.2. The monoisotopic (exact) mass is 289 g/mol. The molecule has 0 aliphatic heterocycles. The van der Waals surface area contributed by atoms with Gasteiger partial charge in [0.15, 0.2) is 0 Å². The number of amides is 1. The van der Waals surface area contributed by atoms with Gasteiger partial charge in [-0.2, -0.15) is 5.10 Å². The van der Waals surface area contributed by atoms with Crippen molar-refractivity contribution < 1.29 is 4.79 Å². The van der Waals surface area contributed by atoms with Crippen molar-refractivity contribution in [1.82, 2.24) is 15.5 Å². The highest BCUT2D eigenvalue weighted by molar-refractivity contribution is 6.30. The average molecular weight is 290 g/mol. The highest BCUT2D eigenvalue weighted by atomic mass is 35.5. The van der Waals surface area contributed by atoms with Gasteiger partial charge < -0.3 is 5.32 Å². The van der Waals surface area contributed by atoms with E-state index >= 15 is 0 Å². The summed E-state index contributed by atoms with van der Waals surface area (Å²) in [6.07, 6.45) is 3.53. The molecule has 0 unspecified atom stereocenters. The quantitative estimate of drug-likeness (QED) is 0.909. The molecule has 4 nitrogen and oxygen atoms in total. The number of H-pyrrole nitrogens is 1. The standard InChI is InChI=1S/C15H16ClN3O/c1-10-11(9-18-19-10)8-17-14(20)15(6-7-15)12-2-4-13(16)5-3-12/h2-5,9H,6-8H2,1H3,(H,17,20)(H,18,19). The van der Waals surface area contributed by atoms with Gasteiger partial charge in [-0.15, -0.1) is 0 Å². The van der Waals surface area contributed by atoms with Crippen LogP contribution in [0.1, 0.15) is 29.7 Å². The predicted molar refractivity (Wildman–Crippen MR) is 77.5 cm³/mol. The summed E-state index contributed by atoms with van der Waals surface area (Å²) in [5, 5.41) is 10.5. The number of hydrogen-bond donors (Lipinski definition) is 2. The molecule has 0 saturated heterocycles. The van der Waals surface area contributed by atoms with E-state index < -0.39 is 0 Å². The van der Waals surface area contributed by atoms with E-state index in [-0.39, 0.29) is 11.3 Å². The van der Waals surface area contributed by atoms with Crippen LogP contribution in [-0.4, -0.2) is 16.1 Å². The lowest BCUT2D eigenvalue weighted by Crippen LogP contribution is -2.34. The number of carbonyl (C=O) groups is 1. The molecule has 1 heterocycles. The fourth-order valence-corrected chi connectivity index (χ4v) is 2.57. The molecule has 2 N–H and O–H groups in total. The second-order valence-electron chi connectivity index (χ2n) is 5.29. The summed E-state index contributed by atoms with van der Waals surface area (Å²) >= 11 is 5.90. The number of rotatable bonds is 4. The van der Waals surface area contributed by atoms with E-state index in [1.54, 1.807) is 6.20 Å². The Hall–Kier alpha value is -1.81. The topological polar surface area (TPSA) is 57.8 Å². The lowest BCUT2D eigenvalue weighted by atomic mass is 9.95. The van der Waals surface area contributed by atoms with Crippen LogP contribution in [0.2, 0.25) is 5.02 Å². The molecule has 1 aromatic carbocycles. The molecule has 5 heteroatoms. The summed E-state index contributed by atoms with van der Waals surface area (Å²) in [7, 11) is 0. The summed E-state index contributed by atoms with van der Waals surface area (Å²) in [6.45, 7) is 2.46. The van der Waals surface area contributed by atoms with Gasteiger partial charge in [0, 0.05) is 22.8 Å². The number of aromatic amines is 1. The Kier molecular flexibility index (Phi) is 3.26. The molecule has 0 atom stereocenters. The molecule has 0 spiro atoms. The van der Waals surface area contributed by atoms with Gasteiger partial charge in [0.05, 0.1) is 11.6 Å². The van der Waals surface area contributed by atoms with Crippen LogP contribution in [0.15, 0.2) is 30.5 Å². The van der Waals surface area contributed by atoms with Crippen molar-refractivity contribution in [3.8, 4) is 0 Å². The third-order valence-electron chi connectivity index (χ3n) is 3.96. The van der Waals surface area contributed by atoms with Crippen molar-refractivity contribution in [1.29, 1.82) is 0 Å². The van der Waals surface area contributed by atoms with Crippen LogP contribution in [0.5, 0.6) is 0 Å². The molecule has 20 heavy (non-hydrogen) atoms. The maximum absolute atomic E-state index is 12.4. The fraction of sp³-hybridized carbons (Fsp3) is 0.333. The van der Waals surface area contributed by atoms with E-state index in [1.807, 2.05) is 31.2 Å². The number of aromatic nitrogens is 2. The van der Waals surface area contributed by atoms with Crippen LogP contribution in [0.4, 0.5) is 0 Å². The van der Waals surface area contributed by atoms with Crippen molar-refractivity contribution in [3.63, 3.8) is 0 Å². The molecule has 1 aromatic heterocycles. The Labute approximate surface area is 122 Å². The average Bonchev–Trinajstić information content (AvgIpc) is 3.15. The molecule has 1 aliphatic carbocycles. The lowest BCUT2D eigenvalue weighted by molar-refractivity contribution is -0.123. The molecule has 1 fully saturated rings. The van der Waals surface area contributed by atoms with Gasteiger partial charge in [0.1, 0.15) is 0 Å². The zero-order valence-electron chi connectivity index (χ0n) is 11.2. The summed E-state index contributed by atoms with van der Waals surface area (Å²) in [5.74, 6) is 0.0837. The third kappa shape index (κ3) is 2.31. The first kappa shape index (κ1) is 13.2. The smallest absolute Gasteiger partial charge is 0.230 e. The highest BCUT2D eigenvalue weighted by Crippen LogP contribution is 2.48. The number of nitrogens with zero attached hydrogens (tertiary/aromatic N) is 1. The van der Waals surface area contributed by atoms with Gasteiger partial charge in [-0.25, -0.2) is 0 Å². The van der Waals surface area contributed by atoms with Gasteiger partial charge in [0.25, 0.3) is 0 Å².